The Hall–Kier alpha value is -1.90. The van der Waals surface area contributed by atoms with E-state index in [1.807, 2.05) is 31.2 Å². The van der Waals surface area contributed by atoms with Gasteiger partial charge < -0.3 is 4.74 Å². The lowest BCUT2D eigenvalue weighted by Crippen LogP contribution is -1.84. The molecule has 0 aliphatic heterocycles. The summed E-state index contributed by atoms with van der Waals surface area (Å²) < 4.78 is 5.12. The molecule has 2 heterocycles. The van der Waals surface area contributed by atoms with E-state index >= 15 is 0 Å². The number of aromatic nitrogens is 2. The first-order chi connectivity index (χ1) is 7.40. The van der Waals surface area contributed by atoms with Gasteiger partial charge in [0.1, 0.15) is 0 Å². The van der Waals surface area contributed by atoms with Crippen molar-refractivity contribution in [2.24, 2.45) is 0 Å². The monoisotopic (exact) mass is 200 g/mol. The molecule has 0 aromatic carbocycles. The standard InChI is InChI=1S/C12H12N2O/c1-2-15-7-5-10-8-12-11(14-9-10)4-3-6-13-12/h3-9H,2H2,1H3. The summed E-state index contributed by atoms with van der Waals surface area (Å²) in [6.07, 6.45) is 7.12. The Bertz CT molecular complexity index is 480. The van der Waals surface area contributed by atoms with Gasteiger partial charge in [0.2, 0.25) is 0 Å². The molecule has 0 radical (unpaired) electrons. The Morgan fingerprint density at radius 3 is 3.13 bits per heavy atom. The highest BCUT2D eigenvalue weighted by atomic mass is 16.5. The number of ether oxygens (including phenoxy) is 1. The van der Waals surface area contributed by atoms with Crippen LogP contribution in [0.1, 0.15) is 12.5 Å². The number of rotatable bonds is 3. The van der Waals surface area contributed by atoms with Crippen molar-refractivity contribution in [3.05, 3.63) is 42.4 Å². The molecule has 0 unspecified atom stereocenters. The number of nitrogens with zero attached hydrogens (tertiary/aromatic N) is 2. The van der Waals surface area contributed by atoms with Gasteiger partial charge in [-0.05, 0) is 36.8 Å². The highest BCUT2D eigenvalue weighted by Crippen LogP contribution is 2.10. The number of fused-ring (bicyclic) bond motifs is 1. The summed E-state index contributed by atoms with van der Waals surface area (Å²) in [5.74, 6) is 0. The molecule has 0 fully saturated rings. The molecule has 2 aromatic rings. The molecule has 0 saturated carbocycles. The fraction of sp³-hybridized carbons (Fsp3) is 0.167. The van der Waals surface area contributed by atoms with Crippen LogP contribution in [0.4, 0.5) is 0 Å². The second-order valence-corrected chi connectivity index (χ2v) is 3.07. The van der Waals surface area contributed by atoms with Crippen LogP contribution in [0.15, 0.2) is 36.9 Å². The average Bonchev–Trinajstić information content (AvgIpc) is 2.29. The van der Waals surface area contributed by atoms with Crippen LogP contribution in [0.2, 0.25) is 0 Å². The van der Waals surface area contributed by atoms with Gasteiger partial charge in [-0.2, -0.15) is 0 Å². The molecule has 76 valence electrons. The zero-order valence-electron chi connectivity index (χ0n) is 8.55. The molecule has 0 amide bonds. The Balaban J connectivity index is 2.30. The normalized spacial score (nSPS) is 11.0. The molecule has 0 aliphatic carbocycles. The smallest absolute Gasteiger partial charge is 0.0892 e. The first-order valence-electron chi connectivity index (χ1n) is 4.89. The van der Waals surface area contributed by atoms with Gasteiger partial charge in [0.15, 0.2) is 0 Å². The SMILES string of the molecule is CCOC=Cc1cnc2cccnc2c1. The summed E-state index contributed by atoms with van der Waals surface area (Å²) >= 11 is 0. The van der Waals surface area contributed by atoms with Crippen LogP contribution in [-0.4, -0.2) is 16.6 Å². The fourth-order valence-corrected chi connectivity index (χ4v) is 1.28. The average molecular weight is 200 g/mol. The molecule has 0 N–H and O–H groups in total. The van der Waals surface area contributed by atoms with Crippen LogP contribution in [0.5, 0.6) is 0 Å². The van der Waals surface area contributed by atoms with Crippen molar-refractivity contribution in [1.29, 1.82) is 0 Å². The van der Waals surface area contributed by atoms with Crippen LogP contribution in [0.25, 0.3) is 17.1 Å². The molecular weight excluding hydrogens is 188 g/mol. The van der Waals surface area contributed by atoms with Gasteiger partial charge in [-0.25, -0.2) is 0 Å². The van der Waals surface area contributed by atoms with E-state index in [0.717, 1.165) is 16.6 Å². The number of hydrogen-bond acceptors (Lipinski definition) is 3. The summed E-state index contributed by atoms with van der Waals surface area (Å²) in [7, 11) is 0. The molecule has 0 atom stereocenters. The minimum absolute atomic E-state index is 0.676. The highest BCUT2D eigenvalue weighted by Gasteiger charge is 1.94. The van der Waals surface area contributed by atoms with Crippen molar-refractivity contribution >= 4 is 17.1 Å². The van der Waals surface area contributed by atoms with E-state index in [1.165, 1.54) is 0 Å². The zero-order valence-corrected chi connectivity index (χ0v) is 8.55. The van der Waals surface area contributed by atoms with Crippen molar-refractivity contribution in [2.75, 3.05) is 6.61 Å². The van der Waals surface area contributed by atoms with E-state index in [4.69, 9.17) is 4.74 Å². The van der Waals surface area contributed by atoms with Gasteiger partial charge in [-0.3, -0.25) is 9.97 Å². The quantitative estimate of drug-likeness (QED) is 0.714. The third-order valence-electron chi connectivity index (χ3n) is 2.00. The molecule has 0 aliphatic rings. The third-order valence-corrected chi connectivity index (χ3v) is 2.00. The minimum Gasteiger partial charge on any atom is -0.501 e. The Kier molecular flexibility index (Phi) is 2.93. The van der Waals surface area contributed by atoms with E-state index < -0.39 is 0 Å². The Labute approximate surface area is 88.4 Å². The molecule has 0 bridgehead atoms. The summed E-state index contributed by atoms with van der Waals surface area (Å²) in [5.41, 5.74) is 2.80. The van der Waals surface area contributed by atoms with Crippen molar-refractivity contribution in [3.63, 3.8) is 0 Å². The molecule has 0 saturated heterocycles. The Morgan fingerprint density at radius 2 is 2.27 bits per heavy atom. The first kappa shape index (κ1) is 9.65. The van der Waals surface area contributed by atoms with E-state index in [1.54, 1.807) is 18.7 Å². The highest BCUT2D eigenvalue weighted by molar-refractivity contribution is 5.76. The molecule has 2 aromatic heterocycles. The van der Waals surface area contributed by atoms with Crippen LogP contribution in [0, 0.1) is 0 Å². The lowest BCUT2D eigenvalue weighted by atomic mass is 10.2. The van der Waals surface area contributed by atoms with Crippen LogP contribution >= 0.6 is 0 Å². The lowest BCUT2D eigenvalue weighted by Gasteiger charge is -1.97. The van der Waals surface area contributed by atoms with Gasteiger partial charge in [-0.1, -0.05) is 0 Å². The topological polar surface area (TPSA) is 35.0 Å². The van der Waals surface area contributed by atoms with E-state index in [-0.39, 0.29) is 0 Å². The van der Waals surface area contributed by atoms with Gasteiger partial charge in [-0.15, -0.1) is 0 Å². The largest absolute Gasteiger partial charge is 0.501 e. The summed E-state index contributed by atoms with van der Waals surface area (Å²) in [4.78, 5) is 8.52. The van der Waals surface area contributed by atoms with E-state index in [0.29, 0.717) is 6.61 Å². The first-order valence-corrected chi connectivity index (χ1v) is 4.89. The minimum atomic E-state index is 0.676. The van der Waals surface area contributed by atoms with E-state index in [2.05, 4.69) is 9.97 Å². The number of hydrogen-bond donors (Lipinski definition) is 0. The summed E-state index contributed by atoms with van der Waals surface area (Å²) in [6.45, 7) is 2.63. The van der Waals surface area contributed by atoms with E-state index in [9.17, 15) is 0 Å². The van der Waals surface area contributed by atoms with Crippen molar-refractivity contribution in [3.8, 4) is 0 Å². The van der Waals surface area contributed by atoms with Crippen molar-refractivity contribution in [2.45, 2.75) is 6.92 Å². The van der Waals surface area contributed by atoms with Crippen LogP contribution < -0.4 is 0 Å². The van der Waals surface area contributed by atoms with Crippen LogP contribution in [-0.2, 0) is 4.74 Å². The van der Waals surface area contributed by atoms with Crippen LogP contribution in [0.3, 0.4) is 0 Å². The predicted molar refractivity (Wildman–Crippen MR) is 60.2 cm³/mol. The van der Waals surface area contributed by atoms with Gasteiger partial charge in [0, 0.05) is 12.4 Å². The maximum atomic E-state index is 5.12. The fourth-order valence-electron chi connectivity index (χ4n) is 1.28. The van der Waals surface area contributed by atoms with Crippen molar-refractivity contribution < 1.29 is 4.74 Å². The maximum absolute atomic E-state index is 5.12. The zero-order chi connectivity index (χ0) is 10.5. The molecular formula is C12H12N2O. The lowest BCUT2D eigenvalue weighted by molar-refractivity contribution is 0.272. The third kappa shape index (κ3) is 2.31. The van der Waals surface area contributed by atoms with Crippen molar-refractivity contribution in [1.82, 2.24) is 9.97 Å². The second kappa shape index (κ2) is 4.55. The second-order valence-electron chi connectivity index (χ2n) is 3.07. The predicted octanol–water partition coefficient (Wildman–Crippen LogP) is 2.64. The summed E-state index contributed by atoms with van der Waals surface area (Å²) in [6, 6.07) is 5.81. The van der Waals surface area contributed by atoms with Gasteiger partial charge in [0.05, 0.1) is 23.9 Å². The van der Waals surface area contributed by atoms with Gasteiger partial charge >= 0.3 is 0 Å². The summed E-state index contributed by atoms with van der Waals surface area (Å²) in [5, 5.41) is 0. The molecule has 2 rings (SSSR count). The number of pyridine rings is 2. The van der Waals surface area contributed by atoms with Gasteiger partial charge in [0.25, 0.3) is 0 Å². The molecule has 3 heteroatoms. The maximum Gasteiger partial charge on any atom is 0.0892 e. The molecule has 15 heavy (non-hydrogen) atoms. The molecule has 0 spiro atoms. The Morgan fingerprint density at radius 1 is 1.33 bits per heavy atom. The molecule has 3 nitrogen and oxygen atoms in total.